The maximum atomic E-state index is 11.6. The van der Waals surface area contributed by atoms with Gasteiger partial charge < -0.3 is 16.4 Å². The monoisotopic (exact) mass is 258 g/mol. The van der Waals surface area contributed by atoms with Gasteiger partial charge in [-0.1, -0.05) is 18.2 Å². The van der Waals surface area contributed by atoms with Crippen molar-refractivity contribution in [2.45, 2.75) is 0 Å². The molecule has 0 aliphatic carbocycles. The third-order valence-electron chi connectivity index (χ3n) is 2.51. The molecule has 0 aliphatic rings. The Bertz CT molecular complexity index is 612. The van der Waals surface area contributed by atoms with Gasteiger partial charge in [-0.3, -0.25) is 14.6 Å². The van der Waals surface area contributed by atoms with Gasteiger partial charge in [-0.05, 0) is 12.1 Å². The van der Waals surface area contributed by atoms with E-state index in [2.05, 4.69) is 15.6 Å². The molecule has 1 aromatic carbocycles. The van der Waals surface area contributed by atoms with Crippen LogP contribution in [0.25, 0.3) is 10.9 Å². The molecule has 1 heterocycles. The highest BCUT2D eigenvalue weighted by Crippen LogP contribution is 2.15. The fourth-order valence-electron chi connectivity index (χ4n) is 1.60. The molecule has 0 unspecified atom stereocenters. The Morgan fingerprint density at radius 3 is 2.79 bits per heavy atom. The first-order valence-corrected chi connectivity index (χ1v) is 5.80. The van der Waals surface area contributed by atoms with Gasteiger partial charge in [0.2, 0.25) is 11.8 Å². The predicted octanol–water partition coefficient (Wildman–Crippen LogP) is 0.248. The molecule has 0 fully saturated rings. The van der Waals surface area contributed by atoms with Crippen LogP contribution in [0.4, 0.5) is 5.69 Å². The zero-order chi connectivity index (χ0) is 13.7. The summed E-state index contributed by atoms with van der Waals surface area (Å²) < 4.78 is 0. The van der Waals surface area contributed by atoms with Gasteiger partial charge in [0, 0.05) is 5.39 Å². The lowest BCUT2D eigenvalue weighted by molar-refractivity contribution is -0.123. The van der Waals surface area contributed by atoms with Crippen LogP contribution in [0, 0.1) is 0 Å². The van der Waals surface area contributed by atoms with Crippen LogP contribution in [0.2, 0.25) is 0 Å². The van der Waals surface area contributed by atoms with Gasteiger partial charge in [0.15, 0.2) is 0 Å². The van der Waals surface area contributed by atoms with Crippen molar-refractivity contribution < 1.29 is 9.59 Å². The quantitative estimate of drug-likeness (QED) is 0.732. The summed E-state index contributed by atoms with van der Waals surface area (Å²) in [6.07, 6.45) is 1.57. The van der Waals surface area contributed by atoms with Crippen molar-refractivity contribution in [1.82, 2.24) is 10.3 Å². The smallest absolute Gasteiger partial charge is 0.243 e. The van der Waals surface area contributed by atoms with Crippen LogP contribution in [0.1, 0.15) is 0 Å². The second-order valence-corrected chi connectivity index (χ2v) is 3.95. The first kappa shape index (κ1) is 13.0. The van der Waals surface area contributed by atoms with E-state index in [1.54, 1.807) is 6.20 Å². The minimum Gasteiger partial charge on any atom is -0.346 e. The fraction of sp³-hybridized carbons (Fsp3) is 0.154. The minimum atomic E-state index is -0.369. The topological polar surface area (TPSA) is 97.1 Å². The zero-order valence-electron chi connectivity index (χ0n) is 10.2. The van der Waals surface area contributed by atoms with Crippen LogP contribution in [-0.4, -0.2) is 29.9 Å². The maximum Gasteiger partial charge on any atom is 0.243 e. The second kappa shape index (κ2) is 5.92. The van der Waals surface area contributed by atoms with Crippen molar-refractivity contribution in [3.63, 3.8) is 0 Å². The first-order chi connectivity index (χ1) is 9.19. The van der Waals surface area contributed by atoms with Gasteiger partial charge in [0.25, 0.3) is 0 Å². The molecule has 2 amide bonds. The number of pyridine rings is 1. The Balaban J connectivity index is 2.01. The van der Waals surface area contributed by atoms with Crippen molar-refractivity contribution >= 4 is 28.4 Å². The Hall–Kier alpha value is -2.47. The lowest BCUT2D eigenvalue weighted by Crippen LogP contribution is -2.36. The molecule has 0 saturated heterocycles. The molecule has 19 heavy (non-hydrogen) atoms. The second-order valence-electron chi connectivity index (χ2n) is 3.95. The molecule has 0 atom stereocenters. The van der Waals surface area contributed by atoms with E-state index in [1.807, 2.05) is 30.3 Å². The van der Waals surface area contributed by atoms with Gasteiger partial charge in [0.05, 0.1) is 30.5 Å². The Morgan fingerprint density at radius 2 is 2.00 bits per heavy atom. The normalized spacial score (nSPS) is 10.2. The Labute approximate surface area is 110 Å². The molecule has 4 N–H and O–H groups in total. The number of nitrogens with one attached hydrogen (secondary N) is 2. The highest BCUT2D eigenvalue weighted by atomic mass is 16.2. The van der Waals surface area contributed by atoms with Gasteiger partial charge >= 0.3 is 0 Å². The van der Waals surface area contributed by atoms with Crippen molar-refractivity contribution in [3.05, 3.63) is 36.5 Å². The SMILES string of the molecule is NCC(=O)NCC(=O)Nc1cnc2ccccc2c1. The number of anilines is 1. The van der Waals surface area contributed by atoms with Gasteiger partial charge in [-0.25, -0.2) is 0 Å². The average Bonchev–Trinajstić information content (AvgIpc) is 2.44. The van der Waals surface area contributed by atoms with Crippen LogP contribution in [0.5, 0.6) is 0 Å². The van der Waals surface area contributed by atoms with Crippen molar-refractivity contribution in [1.29, 1.82) is 0 Å². The Morgan fingerprint density at radius 1 is 1.21 bits per heavy atom. The number of aromatic nitrogens is 1. The molecule has 0 spiro atoms. The van der Waals surface area contributed by atoms with E-state index in [0.717, 1.165) is 10.9 Å². The lowest BCUT2D eigenvalue weighted by Gasteiger charge is -2.06. The van der Waals surface area contributed by atoms with E-state index in [4.69, 9.17) is 5.73 Å². The molecule has 2 rings (SSSR count). The van der Waals surface area contributed by atoms with Crippen LogP contribution in [0.15, 0.2) is 36.5 Å². The molecule has 1 aromatic heterocycles. The summed E-state index contributed by atoms with van der Waals surface area (Å²) in [7, 11) is 0. The summed E-state index contributed by atoms with van der Waals surface area (Å²) >= 11 is 0. The third-order valence-corrected chi connectivity index (χ3v) is 2.51. The molecular weight excluding hydrogens is 244 g/mol. The van der Waals surface area contributed by atoms with E-state index < -0.39 is 0 Å². The molecule has 0 bridgehead atoms. The predicted molar refractivity (Wildman–Crippen MR) is 72.4 cm³/mol. The van der Waals surface area contributed by atoms with E-state index in [9.17, 15) is 9.59 Å². The van der Waals surface area contributed by atoms with Crippen molar-refractivity contribution in [2.24, 2.45) is 5.73 Å². The van der Waals surface area contributed by atoms with Crippen LogP contribution in [-0.2, 0) is 9.59 Å². The summed E-state index contributed by atoms with van der Waals surface area (Å²) in [6.45, 7) is -0.242. The number of hydrogen-bond donors (Lipinski definition) is 3. The Kier molecular flexibility index (Phi) is 4.04. The summed E-state index contributed by atoms with van der Waals surface area (Å²) in [5.41, 5.74) is 6.57. The highest BCUT2D eigenvalue weighted by Gasteiger charge is 2.05. The summed E-state index contributed by atoms with van der Waals surface area (Å²) in [5, 5.41) is 5.99. The molecule has 0 saturated carbocycles. The highest BCUT2D eigenvalue weighted by molar-refractivity contribution is 5.96. The van der Waals surface area contributed by atoms with Gasteiger partial charge in [-0.15, -0.1) is 0 Å². The number of fused-ring (bicyclic) bond motifs is 1. The molecular formula is C13H14N4O2. The van der Waals surface area contributed by atoms with Crippen LogP contribution >= 0.6 is 0 Å². The van der Waals surface area contributed by atoms with Crippen molar-refractivity contribution in [2.75, 3.05) is 18.4 Å². The van der Waals surface area contributed by atoms with Crippen molar-refractivity contribution in [3.8, 4) is 0 Å². The number of carbonyl (C=O) groups excluding carboxylic acids is 2. The minimum absolute atomic E-state index is 0.108. The van der Waals surface area contributed by atoms with E-state index in [0.29, 0.717) is 5.69 Å². The van der Waals surface area contributed by atoms with E-state index in [1.165, 1.54) is 0 Å². The number of hydrogen-bond acceptors (Lipinski definition) is 4. The number of benzene rings is 1. The number of rotatable bonds is 4. The van der Waals surface area contributed by atoms with Crippen LogP contribution in [0.3, 0.4) is 0 Å². The fourth-order valence-corrected chi connectivity index (χ4v) is 1.60. The third kappa shape index (κ3) is 3.49. The molecule has 0 aliphatic heterocycles. The summed E-state index contributed by atoms with van der Waals surface area (Å²) in [6, 6.07) is 9.43. The number of carbonyl (C=O) groups is 2. The summed E-state index contributed by atoms with van der Waals surface area (Å²) in [5.74, 6) is -0.689. The molecule has 2 aromatic rings. The van der Waals surface area contributed by atoms with E-state index >= 15 is 0 Å². The molecule has 98 valence electrons. The van der Waals surface area contributed by atoms with Gasteiger partial charge in [-0.2, -0.15) is 0 Å². The number of para-hydroxylation sites is 1. The summed E-state index contributed by atoms with van der Waals surface area (Å²) in [4.78, 5) is 26.7. The van der Waals surface area contributed by atoms with E-state index in [-0.39, 0.29) is 24.9 Å². The largest absolute Gasteiger partial charge is 0.346 e. The standard InChI is InChI=1S/C13H14N4O2/c14-6-12(18)16-8-13(19)17-10-5-9-3-1-2-4-11(9)15-7-10/h1-5,7H,6,8,14H2,(H,16,18)(H,17,19). The van der Waals surface area contributed by atoms with Gasteiger partial charge in [0.1, 0.15) is 0 Å². The maximum absolute atomic E-state index is 11.6. The molecule has 6 heteroatoms. The average molecular weight is 258 g/mol. The molecule has 6 nitrogen and oxygen atoms in total. The lowest BCUT2D eigenvalue weighted by atomic mass is 10.2. The number of nitrogens with two attached hydrogens (primary N) is 1. The molecule has 0 radical (unpaired) electrons. The first-order valence-electron chi connectivity index (χ1n) is 5.80. The van der Waals surface area contributed by atoms with Crippen LogP contribution < -0.4 is 16.4 Å². The number of amides is 2. The zero-order valence-corrected chi connectivity index (χ0v) is 10.2. The number of nitrogens with zero attached hydrogens (tertiary/aromatic N) is 1.